The molecule has 0 unspecified atom stereocenters. The first-order valence-corrected chi connectivity index (χ1v) is 15.2. The first-order valence-electron chi connectivity index (χ1n) is 11.9. The van der Waals surface area contributed by atoms with Crippen LogP contribution in [0.25, 0.3) is 0 Å². The van der Waals surface area contributed by atoms with Crippen LogP contribution in [0.4, 0.5) is 17.1 Å². The smallest absolute Gasteiger partial charge is 0.261 e. The molecule has 4 aromatic rings. The van der Waals surface area contributed by atoms with Gasteiger partial charge < -0.3 is 14.8 Å². The number of methoxy groups -OCH3 is 1. The second-order valence-electron chi connectivity index (χ2n) is 8.59. The second-order valence-corrected chi connectivity index (χ2v) is 12.2. The van der Waals surface area contributed by atoms with E-state index in [1.165, 1.54) is 31.4 Å². The van der Waals surface area contributed by atoms with Gasteiger partial charge in [-0.1, -0.05) is 18.2 Å². The van der Waals surface area contributed by atoms with Crippen molar-refractivity contribution in [2.24, 2.45) is 0 Å². The second kappa shape index (κ2) is 12.1. The van der Waals surface area contributed by atoms with Crippen molar-refractivity contribution in [3.05, 3.63) is 103 Å². The maximum absolute atomic E-state index is 12.7. The van der Waals surface area contributed by atoms with E-state index in [2.05, 4.69) is 10.0 Å². The van der Waals surface area contributed by atoms with Gasteiger partial charge >= 0.3 is 0 Å². The molecule has 0 atom stereocenters. The molecular formula is C28H27N3O7S2. The maximum atomic E-state index is 12.7. The number of carbonyl (C=O) groups excluding carboxylic acids is 1. The van der Waals surface area contributed by atoms with Gasteiger partial charge in [-0.3, -0.25) is 13.8 Å². The van der Waals surface area contributed by atoms with Gasteiger partial charge in [0.1, 0.15) is 23.8 Å². The number of ether oxygens (including phenoxy) is 2. The highest BCUT2D eigenvalue weighted by molar-refractivity contribution is 7.92. The first-order chi connectivity index (χ1) is 19.0. The van der Waals surface area contributed by atoms with Crippen molar-refractivity contribution < 1.29 is 31.1 Å². The number of nitrogens with one attached hydrogen (secondary N) is 2. The molecule has 4 aromatic carbocycles. The molecule has 12 heteroatoms. The number of amides is 1. The van der Waals surface area contributed by atoms with Crippen LogP contribution >= 0.6 is 0 Å². The number of carbonyl (C=O) groups is 1. The van der Waals surface area contributed by atoms with Crippen LogP contribution in [0.5, 0.6) is 17.2 Å². The summed E-state index contributed by atoms with van der Waals surface area (Å²) < 4.78 is 64.6. The van der Waals surface area contributed by atoms with E-state index in [9.17, 15) is 21.6 Å². The van der Waals surface area contributed by atoms with Gasteiger partial charge in [-0.15, -0.1) is 0 Å². The van der Waals surface area contributed by atoms with Crippen LogP contribution < -0.4 is 23.8 Å². The minimum Gasteiger partial charge on any atom is -0.497 e. The third-order valence-corrected chi connectivity index (χ3v) is 8.12. The lowest BCUT2D eigenvalue weighted by Crippen LogP contribution is -2.37. The van der Waals surface area contributed by atoms with Crippen molar-refractivity contribution in [1.29, 1.82) is 0 Å². The monoisotopic (exact) mass is 581 g/mol. The average molecular weight is 582 g/mol. The highest BCUT2D eigenvalue weighted by Crippen LogP contribution is 2.26. The molecule has 0 saturated heterocycles. The topological polar surface area (TPSA) is 131 Å². The number of benzene rings is 4. The Bertz CT molecular complexity index is 1660. The predicted octanol–water partition coefficient (Wildman–Crippen LogP) is 4.69. The molecule has 0 fully saturated rings. The molecule has 0 bridgehead atoms. The molecule has 2 N–H and O–H groups in total. The zero-order valence-corrected chi connectivity index (χ0v) is 23.3. The molecule has 208 valence electrons. The highest BCUT2D eigenvalue weighted by Gasteiger charge is 2.21. The maximum Gasteiger partial charge on any atom is 0.261 e. The minimum atomic E-state index is -3.88. The van der Waals surface area contributed by atoms with E-state index in [0.29, 0.717) is 28.6 Å². The third-order valence-electron chi connectivity index (χ3n) is 5.58. The minimum absolute atomic E-state index is 0.0168. The van der Waals surface area contributed by atoms with Crippen molar-refractivity contribution in [3.8, 4) is 17.2 Å². The van der Waals surface area contributed by atoms with Crippen LogP contribution in [0.2, 0.25) is 0 Å². The summed E-state index contributed by atoms with van der Waals surface area (Å²) in [5.41, 5.74) is 0.941. The van der Waals surface area contributed by atoms with Crippen LogP contribution in [0.3, 0.4) is 0 Å². The number of hydrogen-bond acceptors (Lipinski definition) is 7. The molecule has 0 saturated carbocycles. The quantitative estimate of drug-likeness (QED) is 0.263. The Kier molecular flexibility index (Phi) is 8.61. The van der Waals surface area contributed by atoms with Crippen molar-refractivity contribution in [1.82, 2.24) is 0 Å². The third kappa shape index (κ3) is 7.52. The predicted molar refractivity (Wildman–Crippen MR) is 154 cm³/mol. The molecular weight excluding hydrogens is 554 g/mol. The molecule has 0 aromatic heterocycles. The fourth-order valence-corrected chi connectivity index (χ4v) is 5.54. The van der Waals surface area contributed by atoms with Gasteiger partial charge in [0.15, 0.2) is 0 Å². The number of anilines is 3. The summed E-state index contributed by atoms with van der Waals surface area (Å²) in [6, 6.07) is 27.3. The molecule has 0 aliphatic rings. The summed E-state index contributed by atoms with van der Waals surface area (Å²) in [4.78, 5) is 12.7. The Morgan fingerprint density at radius 1 is 0.725 bits per heavy atom. The lowest BCUT2D eigenvalue weighted by molar-refractivity contribution is -0.114. The summed E-state index contributed by atoms with van der Waals surface area (Å²) >= 11 is 0. The van der Waals surface area contributed by atoms with Crippen molar-refractivity contribution in [3.63, 3.8) is 0 Å². The number of hydrogen-bond donors (Lipinski definition) is 2. The van der Waals surface area contributed by atoms with E-state index in [-0.39, 0.29) is 10.6 Å². The Hall–Kier alpha value is -4.55. The molecule has 0 heterocycles. The van der Waals surface area contributed by atoms with E-state index in [1.807, 2.05) is 18.2 Å². The van der Waals surface area contributed by atoms with E-state index < -0.39 is 32.5 Å². The molecule has 4 rings (SSSR count). The summed E-state index contributed by atoms with van der Waals surface area (Å²) in [5.74, 6) is 1.11. The lowest BCUT2D eigenvalue weighted by atomic mass is 10.3. The molecule has 1 amide bonds. The molecule has 0 radical (unpaired) electrons. The van der Waals surface area contributed by atoms with Crippen LogP contribution in [-0.2, 0) is 24.8 Å². The fraction of sp³-hybridized carbons (Fsp3) is 0.107. The fourth-order valence-electron chi connectivity index (χ4n) is 3.63. The zero-order chi connectivity index (χ0) is 28.8. The van der Waals surface area contributed by atoms with Crippen molar-refractivity contribution in [2.45, 2.75) is 4.90 Å². The van der Waals surface area contributed by atoms with E-state index in [4.69, 9.17) is 9.47 Å². The molecule has 0 aliphatic heterocycles. The summed E-state index contributed by atoms with van der Waals surface area (Å²) in [6.07, 6.45) is 1.00. The summed E-state index contributed by atoms with van der Waals surface area (Å²) in [7, 11) is -6.17. The van der Waals surface area contributed by atoms with Crippen LogP contribution in [-0.4, -0.2) is 42.7 Å². The number of nitrogens with zero attached hydrogens (tertiary/aromatic N) is 1. The molecule has 40 heavy (non-hydrogen) atoms. The van der Waals surface area contributed by atoms with Gasteiger partial charge in [0, 0.05) is 11.4 Å². The molecule has 10 nitrogen and oxygen atoms in total. The Morgan fingerprint density at radius 3 is 1.85 bits per heavy atom. The van der Waals surface area contributed by atoms with Gasteiger partial charge in [-0.2, -0.15) is 0 Å². The van der Waals surface area contributed by atoms with Gasteiger partial charge in [-0.25, -0.2) is 16.8 Å². The van der Waals surface area contributed by atoms with E-state index >= 15 is 0 Å². The van der Waals surface area contributed by atoms with Gasteiger partial charge in [-0.05, 0) is 84.9 Å². The van der Waals surface area contributed by atoms with Gasteiger partial charge in [0.05, 0.1) is 23.9 Å². The normalized spacial score (nSPS) is 11.3. The zero-order valence-electron chi connectivity index (χ0n) is 21.6. The average Bonchev–Trinajstić information content (AvgIpc) is 2.93. The Morgan fingerprint density at radius 2 is 1.27 bits per heavy atom. The Balaban J connectivity index is 1.40. The first kappa shape index (κ1) is 28.5. The van der Waals surface area contributed by atoms with Gasteiger partial charge in [0.25, 0.3) is 10.0 Å². The number of rotatable bonds is 11. The van der Waals surface area contributed by atoms with E-state index in [0.717, 1.165) is 10.6 Å². The highest BCUT2D eigenvalue weighted by atomic mass is 32.2. The molecule has 0 spiro atoms. The number of para-hydroxylation sites is 1. The largest absolute Gasteiger partial charge is 0.497 e. The summed E-state index contributed by atoms with van der Waals surface area (Å²) in [5, 5.41) is 2.60. The number of sulfonamides is 2. The standard InChI is InChI=1S/C28H27N3O7S2/c1-37-24-14-8-22(9-15-24)30-40(35,36)27-18-10-21(11-19-27)29-28(32)20-31(39(2,33)34)23-12-16-26(17-13-23)38-25-6-4-3-5-7-25/h3-19,30H,20H2,1-2H3,(H,29,32). The van der Waals surface area contributed by atoms with Crippen LogP contribution in [0, 0.1) is 0 Å². The van der Waals surface area contributed by atoms with Gasteiger partial charge in [0.2, 0.25) is 15.9 Å². The summed E-state index contributed by atoms with van der Waals surface area (Å²) in [6.45, 7) is -0.489. The van der Waals surface area contributed by atoms with E-state index in [1.54, 1.807) is 60.7 Å². The van der Waals surface area contributed by atoms with Crippen molar-refractivity contribution >= 4 is 43.0 Å². The van der Waals surface area contributed by atoms with Crippen molar-refractivity contribution in [2.75, 3.05) is 34.3 Å². The van der Waals surface area contributed by atoms with Crippen LogP contribution in [0.1, 0.15) is 0 Å². The Labute approximate surface area is 233 Å². The lowest BCUT2D eigenvalue weighted by Gasteiger charge is -2.22. The molecule has 0 aliphatic carbocycles. The van der Waals surface area contributed by atoms with Crippen LogP contribution in [0.15, 0.2) is 108 Å². The SMILES string of the molecule is COc1ccc(NS(=O)(=O)c2ccc(NC(=O)CN(c3ccc(Oc4ccccc4)cc3)S(C)(=O)=O)cc2)cc1.